The van der Waals surface area contributed by atoms with E-state index in [0.717, 1.165) is 24.4 Å². The molecule has 208 valence electrons. The molecule has 0 saturated heterocycles. The lowest BCUT2D eigenvalue weighted by molar-refractivity contribution is -0.118. The van der Waals surface area contributed by atoms with E-state index in [1.165, 1.54) is 44.7 Å². The molecule has 2 amide bonds. The van der Waals surface area contributed by atoms with E-state index in [4.69, 9.17) is 20.6 Å². The molecule has 0 unspecified atom stereocenters. The zero-order chi connectivity index (χ0) is 29.4. The first kappa shape index (κ1) is 28.4. The third kappa shape index (κ3) is 6.88. The van der Waals surface area contributed by atoms with Gasteiger partial charge in [0.25, 0.3) is 11.8 Å². The molecule has 4 aromatic rings. The maximum atomic E-state index is 15.1. The van der Waals surface area contributed by atoms with Crippen LogP contribution in [0.1, 0.15) is 0 Å². The first-order chi connectivity index (χ1) is 19.8. The van der Waals surface area contributed by atoms with Gasteiger partial charge in [0.05, 0.1) is 26.3 Å². The summed E-state index contributed by atoms with van der Waals surface area (Å²) in [5.74, 6) is 0.533. The molecule has 0 aliphatic carbocycles. The van der Waals surface area contributed by atoms with Gasteiger partial charge < -0.3 is 30.2 Å². The Labute approximate surface area is 234 Å². The number of nitrogens with zero attached hydrogens (tertiary/aromatic N) is 1. The maximum Gasteiger partial charge on any atom is 0.262 e. The molecule has 41 heavy (non-hydrogen) atoms. The molecule has 4 rings (SSSR count). The van der Waals surface area contributed by atoms with Gasteiger partial charge in [-0.3, -0.25) is 14.6 Å². The van der Waals surface area contributed by atoms with E-state index in [1.54, 1.807) is 18.2 Å². The van der Waals surface area contributed by atoms with Crippen molar-refractivity contribution in [3.8, 4) is 35.3 Å². The number of aromatic nitrogens is 1. The van der Waals surface area contributed by atoms with E-state index < -0.39 is 23.4 Å². The van der Waals surface area contributed by atoms with Crippen molar-refractivity contribution >= 4 is 34.1 Å². The SMILES string of the molecule is C#CCN/C=C(\C(=O)Nc1ccc(F)cc1)C(=O)Nc1ccc(Oc2ccnc3cc(OC)c(OC)cc23)c(F)c1. The van der Waals surface area contributed by atoms with Gasteiger partial charge in [-0.1, -0.05) is 5.92 Å². The van der Waals surface area contributed by atoms with E-state index in [0.29, 0.717) is 28.2 Å². The number of amides is 2. The summed E-state index contributed by atoms with van der Waals surface area (Å²) in [6.07, 6.45) is 7.87. The van der Waals surface area contributed by atoms with Crippen molar-refractivity contribution in [2.75, 3.05) is 31.4 Å². The molecule has 0 radical (unpaired) electrons. The second kappa shape index (κ2) is 12.9. The Morgan fingerprint density at radius 2 is 1.54 bits per heavy atom. The third-order valence-corrected chi connectivity index (χ3v) is 5.66. The van der Waals surface area contributed by atoms with E-state index in [1.807, 2.05) is 0 Å². The zero-order valence-electron chi connectivity index (χ0n) is 22.0. The number of nitrogens with one attached hydrogen (secondary N) is 3. The fourth-order valence-corrected chi connectivity index (χ4v) is 3.69. The smallest absolute Gasteiger partial charge is 0.262 e. The number of hydrogen-bond donors (Lipinski definition) is 3. The second-order valence-electron chi connectivity index (χ2n) is 8.34. The number of fused-ring (bicyclic) bond motifs is 1. The molecule has 0 spiro atoms. The average Bonchev–Trinajstić information content (AvgIpc) is 2.97. The average molecular weight is 559 g/mol. The topological polar surface area (TPSA) is 111 Å². The van der Waals surface area contributed by atoms with Crippen LogP contribution in [-0.2, 0) is 9.59 Å². The number of carbonyl (C=O) groups is 2. The van der Waals surface area contributed by atoms with E-state index in [2.05, 4.69) is 26.9 Å². The summed E-state index contributed by atoms with van der Waals surface area (Å²) in [6, 6.07) is 13.7. The number of pyridine rings is 1. The van der Waals surface area contributed by atoms with Crippen LogP contribution in [0.2, 0.25) is 0 Å². The Morgan fingerprint density at radius 1 is 0.878 bits per heavy atom. The van der Waals surface area contributed by atoms with Gasteiger partial charge in [-0.15, -0.1) is 6.42 Å². The van der Waals surface area contributed by atoms with Crippen LogP contribution in [0.15, 0.2) is 78.6 Å². The van der Waals surface area contributed by atoms with E-state index in [-0.39, 0.29) is 29.2 Å². The van der Waals surface area contributed by atoms with Crippen LogP contribution in [0, 0.1) is 24.0 Å². The summed E-state index contributed by atoms with van der Waals surface area (Å²) in [5, 5.41) is 8.19. The van der Waals surface area contributed by atoms with Crippen LogP contribution < -0.4 is 30.2 Å². The normalized spacial score (nSPS) is 10.9. The van der Waals surface area contributed by atoms with Crippen LogP contribution in [0.5, 0.6) is 23.0 Å². The molecular weight excluding hydrogens is 534 g/mol. The number of carbonyl (C=O) groups excluding carboxylic acids is 2. The molecule has 1 aromatic heterocycles. The highest BCUT2D eigenvalue weighted by Gasteiger charge is 2.20. The number of rotatable bonds is 10. The highest BCUT2D eigenvalue weighted by molar-refractivity contribution is 6.26. The lowest BCUT2D eigenvalue weighted by Crippen LogP contribution is -2.27. The van der Waals surface area contributed by atoms with Crippen molar-refractivity contribution in [3.05, 3.63) is 90.3 Å². The van der Waals surface area contributed by atoms with Crippen LogP contribution in [0.25, 0.3) is 10.9 Å². The van der Waals surface area contributed by atoms with Gasteiger partial charge in [0, 0.05) is 41.3 Å². The molecule has 0 saturated carbocycles. The van der Waals surface area contributed by atoms with Crippen molar-refractivity contribution in [2.45, 2.75) is 0 Å². The minimum Gasteiger partial charge on any atom is -0.493 e. The number of terminal acetylenes is 1. The molecule has 3 aromatic carbocycles. The fourth-order valence-electron chi connectivity index (χ4n) is 3.69. The largest absolute Gasteiger partial charge is 0.493 e. The third-order valence-electron chi connectivity index (χ3n) is 5.66. The number of halogens is 2. The Bertz CT molecular complexity index is 1670. The van der Waals surface area contributed by atoms with Gasteiger partial charge in [-0.2, -0.15) is 0 Å². The molecule has 3 N–H and O–H groups in total. The summed E-state index contributed by atoms with van der Waals surface area (Å²) in [5.41, 5.74) is 0.515. The van der Waals surface area contributed by atoms with Crippen molar-refractivity contribution in [1.29, 1.82) is 0 Å². The van der Waals surface area contributed by atoms with Crippen LogP contribution in [0.3, 0.4) is 0 Å². The summed E-state index contributed by atoms with van der Waals surface area (Å²) in [7, 11) is 3.00. The maximum absolute atomic E-state index is 15.1. The van der Waals surface area contributed by atoms with Gasteiger partial charge in [-0.05, 0) is 48.5 Å². The Kier molecular flexibility index (Phi) is 8.96. The van der Waals surface area contributed by atoms with Crippen LogP contribution >= 0.6 is 0 Å². The zero-order valence-corrected chi connectivity index (χ0v) is 22.0. The second-order valence-corrected chi connectivity index (χ2v) is 8.34. The lowest BCUT2D eigenvalue weighted by atomic mass is 10.1. The van der Waals surface area contributed by atoms with E-state index in [9.17, 15) is 14.0 Å². The van der Waals surface area contributed by atoms with Crippen molar-refractivity contribution in [3.63, 3.8) is 0 Å². The highest BCUT2D eigenvalue weighted by atomic mass is 19.1. The first-order valence-corrected chi connectivity index (χ1v) is 12.1. The standard InChI is InChI=1S/C30H24F2N4O5/c1-4-12-33-17-22(29(37)35-19-7-5-18(31)6-8-19)30(38)36-20-9-10-26(23(32)14-20)41-25-11-13-34-24-16-28(40-3)27(39-2)15-21(24)25/h1,5-11,13-17,33H,12H2,2-3H3,(H,35,37)(H,36,38)/b22-17+. The monoisotopic (exact) mass is 558 g/mol. The van der Waals surface area contributed by atoms with Crippen molar-refractivity contribution in [2.24, 2.45) is 0 Å². The molecule has 0 bridgehead atoms. The van der Waals surface area contributed by atoms with Crippen LogP contribution in [0.4, 0.5) is 20.2 Å². The van der Waals surface area contributed by atoms with Crippen molar-refractivity contribution in [1.82, 2.24) is 10.3 Å². The lowest BCUT2D eigenvalue weighted by Gasteiger charge is -2.14. The molecule has 11 heteroatoms. The molecule has 1 heterocycles. The summed E-state index contributed by atoms with van der Waals surface area (Å²) in [6.45, 7) is 0.0453. The minimum atomic E-state index is -0.844. The number of anilines is 2. The number of hydrogen-bond acceptors (Lipinski definition) is 7. The molecular formula is C30H24F2N4O5. The predicted molar refractivity (Wildman–Crippen MR) is 150 cm³/mol. The molecule has 0 atom stereocenters. The summed E-state index contributed by atoms with van der Waals surface area (Å²) >= 11 is 0. The molecule has 9 nitrogen and oxygen atoms in total. The van der Waals surface area contributed by atoms with Gasteiger partial charge in [0.15, 0.2) is 23.1 Å². The summed E-state index contributed by atoms with van der Waals surface area (Å²) in [4.78, 5) is 30.1. The Hall–Kier alpha value is -5.63. The summed E-state index contributed by atoms with van der Waals surface area (Å²) < 4.78 is 44.8. The first-order valence-electron chi connectivity index (χ1n) is 12.1. The van der Waals surface area contributed by atoms with Crippen molar-refractivity contribution < 1.29 is 32.6 Å². The molecule has 0 fully saturated rings. The minimum absolute atomic E-state index is 0.0453. The number of methoxy groups -OCH3 is 2. The van der Waals surface area contributed by atoms with Gasteiger partial charge >= 0.3 is 0 Å². The van der Waals surface area contributed by atoms with Gasteiger partial charge in [-0.25, -0.2) is 8.78 Å². The fraction of sp³-hybridized carbons (Fsp3) is 0.100. The van der Waals surface area contributed by atoms with Gasteiger partial charge in [0.1, 0.15) is 17.1 Å². The number of benzene rings is 3. The quantitative estimate of drug-likeness (QED) is 0.0826. The Morgan fingerprint density at radius 3 is 2.20 bits per heavy atom. The molecule has 0 aliphatic heterocycles. The van der Waals surface area contributed by atoms with E-state index >= 15 is 4.39 Å². The van der Waals surface area contributed by atoms with Gasteiger partial charge in [0.2, 0.25) is 0 Å². The molecule has 0 aliphatic rings. The predicted octanol–water partition coefficient (Wildman–Crippen LogP) is 5.01. The highest BCUT2D eigenvalue weighted by Crippen LogP contribution is 2.37. The Balaban J connectivity index is 1.53. The number of ether oxygens (including phenoxy) is 3. The van der Waals surface area contributed by atoms with Crippen LogP contribution in [-0.4, -0.2) is 37.6 Å².